The molecule has 2 heterocycles. The first-order valence-corrected chi connectivity index (χ1v) is 8.51. The van der Waals surface area contributed by atoms with Gasteiger partial charge in [0.15, 0.2) is 0 Å². The summed E-state index contributed by atoms with van der Waals surface area (Å²) in [5.74, 6) is -0.469. The van der Waals surface area contributed by atoms with E-state index in [1.54, 1.807) is 0 Å². The summed E-state index contributed by atoms with van der Waals surface area (Å²) in [6.07, 6.45) is -0.867. The largest absolute Gasteiger partial charge is 0.391 e. The van der Waals surface area contributed by atoms with Crippen molar-refractivity contribution in [3.8, 4) is 0 Å². The van der Waals surface area contributed by atoms with Gasteiger partial charge in [-0.3, -0.25) is 4.79 Å². The van der Waals surface area contributed by atoms with E-state index in [-0.39, 0.29) is 31.2 Å². The Hall–Kier alpha value is -0.490. The second kappa shape index (κ2) is 7.60. The van der Waals surface area contributed by atoms with E-state index in [0.29, 0.717) is 24.7 Å². The Labute approximate surface area is 141 Å². The van der Waals surface area contributed by atoms with Crippen LogP contribution in [0.15, 0.2) is 0 Å². The van der Waals surface area contributed by atoms with Crippen molar-refractivity contribution in [2.45, 2.75) is 44.7 Å². The van der Waals surface area contributed by atoms with Crippen LogP contribution in [0.4, 0.5) is 13.2 Å². The molecule has 0 bridgehead atoms. The number of nitrogens with one attached hydrogen (secondary N) is 1. The highest BCUT2D eigenvalue weighted by Crippen LogP contribution is 2.40. The number of carbonyl (C=O) groups is 1. The number of fused-ring (bicyclic) bond motifs is 1. The van der Waals surface area contributed by atoms with Crippen LogP contribution in [-0.4, -0.2) is 43.2 Å². The zero-order valence-corrected chi connectivity index (χ0v) is 14.1. The van der Waals surface area contributed by atoms with Gasteiger partial charge in [0.25, 0.3) is 0 Å². The Morgan fingerprint density at radius 3 is 2.17 bits per heavy atom. The molecule has 0 aromatic heterocycles. The zero-order valence-electron chi connectivity index (χ0n) is 13.3. The second-order valence-electron chi connectivity index (χ2n) is 7.18. The van der Waals surface area contributed by atoms with Crippen LogP contribution in [0.3, 0.4) is 0 Å². The number of likely N-dealkylation sites (tertiary alicyclic amines) is 1. The van der Waals surface area contributed by atoms with E-state index in [9.17, 15) is 18.0 Å². The van der Waals surface area contributed by atoms with E-state index in [0.717, 1.165) is 39.0 Å². The molecule has 3 nitrogen and oxygen atoms in total. The minimum absolute atomic E-state index is 0. The van der Waals surface area contributed by atoms with E-state index in [2.05, 4.69) is 5.32 Å². The van der Waals surface area contributed by atoms with Gasteiger partial charge in [0.2, 0.25) is 5.91 Å². The minimum atomic E-state index is -4.15. The molecule has 3 rings (SSSR count). The molecule has 7 heteroatoms. The first-order chi connectivity index (χ1) is 10.4. The van der Waals surface area contributed by atoms with Crippen LogP contribution in [0.2, 0.25) is 0 Å². The number of alkyl halides is 3. The van der Waals surface area contributed by atoms with Crippen LogP contribution in [0.25, 0.3) is 0 Å². The van der Waals surface area contributed by atoms with E-state index in [1.807, 2.05) is 4.90 Å². The fraction of sp³-hybridized carbons (Fsp3) is 0.938. The molecule has 3 aliphatic rings. The van der Waals surface area contributed by atoms with Crippen molar-refractivity contribution in [1.82, 2.24) is 10.2 Å². The molecule has 0 spiro atoms. The highest BCUT2D eigenvalue weighted by molar-refractivity contribution is 5.85. The number of amides is 1. The van der Waals surface area contributed by atoms with Gasteiger partial charge in [-0.1, -0.05) is 6.42 Å². The number of carbonyl (C=O) groups excluding carboxylic acids is 1. The number of nitrogens with zero attached hydrogens (tertiary/aromatic N) is 1. The maximum absolute atomic E-state index is 12.9. The molecule has 3 fully saturated rings. The number of hydrogen-bond acceptors (Lipinski definition) is 2. The van der Waals surface area contributed by atoms with Gasteiger partial charge in [-0.05, 0) is 57.0 Å². The first kappa shape index (κ1) is 18.8. The Bertz CT molecular complexity index is 405. The molecule has 1 N–H and O–H groups in total. The average molecular weight is 355 g/mol. The maximum Gasteiger partial charge on any atom is 0.391 e. The van der Waals surface area contributed by atoms with E-state index in [1.165, 1.54) is 0 Å². The fourth-order valence-corrected chi connectivity index (χ4v) is 4.41. The molecule has 134 valence electrons. The number of rotatable bonds is 1. The highest BCUT2D eigenvalue weighted by atomic mass is 35.5. The summed E-state index contributed by atoms with van der Waals surface area (Å²) < 4.78 is 38.7. The number of halogens is 4. The fourth-order valence-electron chi connectivity index (χ4n) is 4.41. The lowest BCUT2D eigenvalue weighted by atomic mass is 9.80. The third kappa shape index (κ3) is 4.32. The normalized spacial score (nSPS) is 35.2. The summed E-state index contributed by atoms with van der Waals surface area (Å²) in [6.45, 7) is 3.47. The summed E-state index contributed by atoms with van der Waals surface area (Å²) in [5, 5.41) is 3.39. The Morgan fingerprint density at radius 1 is 1.00 bits per heavy atom. The molecule has 2 aliphatic heterocycles. The quantitative estimate of drug-likeness (QED) is 0.784. The van der Waals surface area contributed by atoms with Crippen LogP contribution in [-0.2, 0) is 4.79 Å². The predicted octanol–water partition coefficient (Wildman–Crippen LogP) is 3.23. The standard InChI is InChI=1S/C16H25F3N2O.ClH/c17-16(18,19)14-3-1-2-11(8-14)15(22)21-6-4-12-9-20-10-13(12)5-7-21;/h11-14,20H,1-10H2;1H/t11?,12-,13+,14?;. The molecule has 4 atom stereocenters. The van der Waals surface area contributed by atoms with Crippen molar-refractivity contribution >= 4 is 18.3 Å². The van der Waals surface area contributed by atoms with Crippen LogP contribution < -0.4 is 5.32 Å². The van der Waals surface area contributed by atoms with Crippen molar-refractivity contribution in [3.63, 3.8) is 0 Å². The van der Waals surface area contributed by atoms with Gasteiger partial charge >= 0.3 is 6.18 Å². The molecule has 0 aromatic carbocycles. The highest BCUT2D eigenvalue weighted by Gasteiger charge is 2.44. The van der Waals surface area contributed by atoms with Crippen LogP contribution in [0, 0.1) is 23.7 Å². The van der Waals surface area contributed by atoms with Crippen molar-refractivity contribution < 1.29 is 18.0 Å². The molecule has 2 unspecified atom stereocenters. The van der Waals surface area contributed by atoms with Gasteiger partial charge in [-0.25, -0.2) is 0 Å². The molecule has 0 radical (unpaired) electrons. The van der Waals surface area contributed by atoms with Crippen LogP contribution in [0.1, 0.15) is 38.5 Å². The predicted molar refractivity (Wildman–Crippen MR) is 84.4 cm³/mol. The van der Waals surface area contributed by atoms with Crippen LogP contribution >= 0.6 is 12.4 Å². The SMILES string of the molecule is Cl.O=C(C1CCCC(C(F)(F)F)C1)N1CC[C@@H]2CNC[C@@H]2CC1. The van der Waals surface area contributed by atoms with Crippen molar-refractivity contribution in [1.29, 1.82) is 0 Å². The van der Waals surface area contributed by atoms with E-state index in [4.69, 9.17) is 0 Å². The molecule has 0 aromatic rings. The Balaban J connectivity index is 0.00000192. The van der Waals surface area contributed by atoms with Crippen molar-refractivity contribution in [3.05, 3.63) is 0 Å². The number of hydrogen-bond donors (Lipinski definition) is 1. The molecular formula is C16H26ClF3N2O. The Morgan fingerprint density at radius 2 is 1.61 bits per heavy atom. The van der Waals surface area contributed by atoms with Gasteiger partial charge in [0.1, 0.15) is 0 Å². The lowest BCUT2D eigenvalue weighted by Gasteiger charge is -2.33. The average Bonchev–Trinajstić information content (AvgIpc) is 2.85. The molecule has 2 saturated heterocycles. The molecule has 1 amide bonds. The van der Waals surface area contributed by atoms with E-state index < -0.39 is 18.0 Å². The topological polar surface area (TPSA) is 32.3 Å². The molecule has 1 aliphatic carbocycles. The third-order valence-corrected chi connectivity index (χ3v) is 5.82. The summed E-state index contributed by atoms with van der Waals surface area (Å²) in [6, 6.07) is 0. The Kier molecular flexibility index (Phi) is 6.22. The molecule has 1 saturated carbocycles. The maximum atomic E-state index is 12.9. The lowest BCUT2D eigenvalue weighted by molar-refractivity contribution is -0.187. The molecular weight excluding hydrogens is 329 g/mol. The van der Waals surface area contributed by atoms with Gasteiger partial charge in [-0.15, -0.1) is 12.4 Å². The lowest BCUT2D eigenvalue weighted by Crippen LogP contribution is -2.41. The van der Waals surface area contributed by atoms with E-state index >= 15 is 0 Å². The van der Waals surface area contributed by atoms with Crippen LogP contribution in [0.5, 0.6) is 0 Å². The van der Waals surface area contributed by atoms with Gasteiger partial charge in [-0.2, -0.15) is 13.2 Å². The first-order valence-electron chi connectivity index (χ1n) is 8.51. The second-order valence-corrected chi connectivity index (χ2v) is 7.18. The zero-order chi connectivity index (χ0) is 15.7. The summed E-state index contributed by atoms with van der Waals surface area (Å²) in [5.41, 5.74) is 0. The van der Waals surface area contributed by atoms with Gasteiger partial charge in [0, 0.05) is 19.0 Å². The van der Waals surface area contributed by atoms with Crippen molar-refractivity contribution in [2.24, 2.45) is 23.7 Å². The van der Waals surface area contributed by atoms with Gasteiger partial charge < -0.3 is 10.2 Å². The monoisotopic (exact) mass is 354 g/mol. The summed E-state index contributed by atoms with van der Waals surface area (Å²) in [4.78, 5) is 14.5. The van der Waals surface area contributed by atoms with Gasteiger partial charge in [0.05, 0.1) is 5.92 Å². The smallest absolute Gasteiger partial charge is 0.342 e. The summed E-state index contributed by atoms with van der Waals surface area (Å²) in [7, 11) is 0. The summed E-state index contributed by atoms with van der Waals surface area (Å²) >= 11 is 0. The molecule has 23 heavy (non-hydrogen) atoms. The van der Waals surface area contributed by atoms with Crippen molar-refractivity contribution in [2.75, 3.05) is 26.2 Å². The third-order valence-electron chi connectivity index (χ3n) is 5.82. The minimum Gasteiger partial charge on any atom is -0.342 e.